The zero-order chi connectivity index (χ0) is 19.2. The minimum Gasteiger partial charge on any atom is -0.497 e. The summed E-state index contributed by atoms with van der Waals surface area (Å²) >= 11 is 1.35. The molecule has 8 heteroatoms. The van der Waals surface area contributed by atoms with Crippen LogP contribution in [0.2, 0.25) is 0 Å². The second-order valence-corrected chi connectivity index (χ2v) is 6.76. The highest BCUT2D eigenvalue weighted by Crippen LogP contribution is 2.25. The van der Waals surface area contributed by atoms with Gasteiger partial charge in [-0.15, -0.1) is 11.3 Å². The summed E-state index contributed by atoms with van der Waals surface area (Å²) in [5, 5.41) is 8.00. The van der Waals surface area contributed by atoms with Crippen molar-refractivity contribution < 1.29 is 14.3 Å². The van der Waals surface area contributed by atoms with Crippen molar-refractivity contribution in [2.24, 2.45) is 0 Å². The second-order valence-electron chi connectivity index (χ2n) is 5.90. The maximum absolute atomic E-state index is 12.5. The van der Waals surface area contributed by atoms with Gasteiger partial charge in [-0.3, -0.25) is 9.59 Å². The Kier molecular flexibility index (Phi) is 5.87. The number of carbonyl (C=O) groups excluding carboxylic acids is 2. The highest BCUT2D eigenvalue weighted by Gasteiger charge is 2.18. The Morgan fingerprint density at radius 3 is 2.67 bits per heavy atom. The first-order valence-corrected chi connectivity index (χ1v) is 9.23. The van der Waals surface area contributed by atoms with Crippen LogP contribution in [0.15, 0.2) is 48.0 Å². The molecule has 3 aromatic rings. The second kappa shape index (κ2) is 8.50. The molecule has 27 heavy (non-hydrogen) atoms. The molecule has 0 radical (unpaired) electrons. The predicted molar refractivity (Wildman–Crippen MR) is 105 cm³/mol. The van der Waals surface area contributed by atoms with Gasteiger partial charge in [0.2, 0.25) is 11.8 Å². The van der Waals surface area contributed by atoms with Crippen molar-refractivity contribution in [3.05, 3.63) is 53.5 Å². The number of benzene rings is 1. The average molecular weight is 384 g/mol. The summed E-state index contributed by atoms with van der Waals surface area (Å²) in [7, 11) is 1.59. The number of aromatic amines is 1. The molecule has 0 aliphatic carbocycles. The molecular formula is C19H20N4O3S. The molecule has 3 N–H and O–H groups in total. The lowest BCUT2D eigenvalue weighted by Gasteiger charge is -2.18. The van der Waals surface area contributed by atoms with Crippen molar-refractivity contribution in [2.45, 2.75) is 19.4 Å². The van der Waals surface area contributed by atoms with Crippen LogP contribution in [0.4, 0.5) is 5.13 Å². The first kappa shape index (κ1) is 18.7. The van der Waals surface area contributed by atoms with Crippen molar-refractivity contribution >= 4 is 28.3 Å². The third kappa shape index (κ3) is 4.95. The van der Waals surface area contributed by atoms with E-state index in [-0.39, 0.29) is 18.2 Å². The maximum Gasteiger partial charge on any atom is 0.228 e. The molecule has 0 unspecified atom stereocenters. The number of nitrogens with zero attached hydrogens (tertiary/aromatic N) is 1. The Morgan fingerprint density at radius 2 is 2.04 bits per heavy atom. The minimum atomic E-state index is -0.434. The van der Waals surface area contributed by atoms with Crippen molar-refractivity contribution in [3.63, 3.8) is 0 Å². The van der Waals surface area contributed by atoms with Gasteiger partial charge < -0.3 is 20.4 Å². The average Bonchev–Trinajstić information content (AvgIpc) is 3.32. The quantitative estimate of drug-likeness (QED) is 0.582. The number of hydrogen-bond donors (Lipinski definition) is 3. The number of amides is 2. The van der Waals surface area contributed by atoms with Crippen molar-refractivity contribution in [1.82, 2.24) is 15.3 Å². The number of ether oxygens (including phenoxy) is 1. The van der Waals surface area contributed by atoms with Crippen molar-refractivity contribution in [3.8, 4) is 17.1 Å². The molecule has 0 saturated carbocycles. The van der Waals surface area contributed by atoms with E-state index in [1.165, 1.54) is 18.3 Å². The molecule has 2 amide bonds. The first-order chi connectivity index (χ1) is 13.0. The molecule has 2 heterocycles. The number of methoxy groups -OCH3 is 1. The first-order valence-electron chi connectivity index (χ1n) is 8.35. The van der Waals surface area contributed by atoms with Gasteiger partial charge in [0.1, 0.15) is 5.75 Å². The Balaban J connectivity index is 1.67. The molecule has 0 spiro atoms. The van der Waals surface area contributed by atoms with Crippen LogP contribution in [0.25, 0.3) is 11.4 Å². The number of thiazole rings is 1. The SMILES string of the molecule is COc1ccc([C@@H](CC(=O)Nc2nc(-c3ccc[nH]3)cs2)NC(C)=O)cc1. The number of nitrogens with one attached hydrogen (secondary N) is 3. The molecule has 1 atom stereocenters. The Morgan fingerprint density at radius 1 is 1.26 bits per heavy atom. The molecular weight excluding hydrogens is 364 g/mol. The van der Waals surface area contributed by atoms with Gasteiger partial charge in [0.15, 0.2) is 5.13 Å². The molecule has 0 saturated heterocycles. The molecule has 140 valence electrons. The predicted octanol–water partition coefficient (Wildman–Crippen LogP) is 3.35. The van der Waals surface area contributed by atoms with Gasteiger partial charge in [-0.05, 0) is 29.8 Å². The molecule has 1 aromatic carbocycles. The van der Waals surface area contributed by atoms with Crippen molar-refractivity contribution in [1.29, 1.82) is 0 Å². The number of carbonyl (C=O) groups is 2. The number of rotatable bonds is 7. The van der Waals surface area contributed by atoms with E-state index in [0.717, 1.165) is 17.0 Å². The third-order valence-corrected chi connectivity index (χ3v) is 4.67. The molecule has 0 fully saturated rings. The van der Waals surface area contributed by atoms with Crippen LogP contribution in [0.5, 0.6) is 5.75 Å². The van der Waals surface area contributed by atoms with Crippen LogP contribution >= 0.6 is 11.3 Å². The van der Waals surface area contributed by atoms with Crippen LogP contribution in [-0.2, 0) is 9.59 Å². The van der Waals surface area contributed by atoms with E-state index >= 15 is 0 Å². The lowest BCUT2D eigenvalue weighted by molar-refractivity contribution is -0.120. The monoisotopic (exact) mass is 384 g/mol. The van der Waals surface area contributed by atoms with Crippen LogP contribution in [0, 0.1) is 0 Å². The summed E-state index contributed by atoms with van der Waals surface area (Å²) in [6.45, 7) is 1.43. The molecule has 0 bridgehead atoms. The summed E-state index contributed by atoms with van der Waals surface area (Å²) in [5.41, 5.74) is 2.49. The van der Waals surface area contributed by atoms with Gasteiger partial charge in [0, 0.05) is 18.5 Å². The van der Waals surface area contributed by atoms with E-state index in [9.17, 15) is 9.59 Å². The number of hydrogen-bond acceptors (Lipinski definition) is 5. The maximum atomic E-state index is 12.5. The number of anilines is 1. The van der Waals surface area contributed by atoms with Crippen LogP contribution in [-0.4, -0.2) is 28.9 Å². The summed E-state index contributed by atoms with van der Waals surface area (Å²) in [5.74, 6) is 0.285. The van der Waals surface area contributed by atoms with Crippen molar-refractivity contribution in [2.75, 3.05) is 12.4 Å². The van der Waals surface area contributed by atoms with Crippen LogP contribution < -0.4 is 15.4 Å². The van der Waals surface area contributed by atoms with E-state index in [1.807, 2.05) is 35.8 Å². The van der Waals surface area contributed by atoms with Gasteiger partial charge in [0.05, 0.1) is 31.0 Å². The number of H-pyrrole nitrogens is 1. The van der Waals surface area contributed by atoms with Gasteiger partial charge in [-0.25, -0.2) is 4.98 Å². The van der Waals surface area contributed by atoms with E-state index in [2.05, 4.69) is 20.6 Å². The molecule has 0 aliphatic rings. The normalized spacial score (nSPS) is 11.6. The van der Waals surface area contributed by atoms with Crippen LogP contribution in [0.3, 0.4) is 0 Å². The standard InChI is InChI=1S/C19H20N4O3S/c1-12(24)21-16(13-5-7-14(26-2)8-6-13)10-18(25)23-19-22-17(11-27-19)15-4-3-9-20-15/h3-9,11,16,20H,10H2,1-2H3,(H,21,24)(H,22,23,25)/t16-/m1/s1. The zero-order valence-electron chi connectivity index (χ0n) is 15.0. The van der Waals surface area contributed by atoms with Gasteiger partial charge in [-0.2, -0.15) is 0 Å². The fourth-order valence-electron chi connectivity index (χ4n) is 2.63. The molecule has 7 nitrogen and oxygen atoms in total. The summed E-state index contributed by atoms with van der Waals surface area (Å²) < 4.78 is 5.15. The lowest BCUT2D eigenvalue weighted by Crippen LogP contribution is -2.29. The van der Waals surface area contributed by atoms with E-state index in [1.54, 1.807) is 19.2 Å². The Hall–Kier alpha value is -3.13. The Labute approximate surface area is 160 Å². The smallest absolute Gasteiger partial charge is 0.228 e. The topological polar surface area (TPSA) is 96.1 Å². The molecule has 0 aliphatic heterocycles. The van der Waals surface area contributed by atoms with Gasteiger partial charge >= 0.3 is 0 Å². The highest BCUT2D eigenvalue weighted by molar-refractivity contribution is 7.14. The lowest BCUT2D eigenvalue weighted by atomic mass is 10.0. The van der Waals surface area contributed by atoms with Gasteiger partial charge in [0.25, 0.3) is 0 Å². The highest BCUT2D eigenvalue weighted by atomic mass is 32.1. The van der Waals surface area contributed by atoms with E-state index in [0.29, 0.717) is 10.9 Å². The fraction of sp³-hybridized carbons (Fsp3) is 0.211. The third-order valence-electron chi connectivity index (χ3n) is 3.91. The molecule has 2 aromatic heterocycles. The van der Waals surface area contributed by atoms with E-state index in [4.69, 9.17) is 4.74 Å². The number of aromatic nitrogens is 2. The van der Waals surface area contributed by atoms with Crippen LogP contribution in [0.1, 0.15) is 24.9 Å². The summed E-state index contributed by atoms with van der Waals surface area (Å²) in [4.78, 5) is 31.5. The minimum absolute atomic E-state index is 0.101. The molecule has 3 rings (SSSR count). The van der Waals surface area contributed by atoms with Gasteiger partial charge in [-0.1, -0.05) is 12.1 Å². The summed E-state index contributed by atoms with van der Waals surface area (Å²) in [6.07, 6.45) is 1.92. The zero-order valence-corrected chi connectivity index (χ0v) is 15.8. The van der Waals surface area contributed by atoms with E-state index < -0.39 is 6.04 Å². The Bertz CT molecular complexity index is 903. The summed E-state index contributed by atoms with van der Waals surface area (Å²) in [6, 6.07) is 10.6. The fourth-order valence-corrected chi connectivity index (χ4v) is 3.36. The largest absolute Gasteiger partial charge is 0.497 e.